The number of nitrogens with two attached hydrogens (primary N) is 1. The van der Waals surface area contributed by atoms with Gasteiger partial charge in [-0.25, -0.2) is 4.99 Å². The molecule has 0 saturated carbocycles. The van der Waals surface area contributed by atoms with Crippen molar-refractivity contribution < 1.29 is 9.53 Å². The maximum atomic E-state index is 12.4. The van der Waals surface area contributed by atoms with Gasteiger partial charge in [-0.05, 0) is 49.6 Å². The molecule has 0 aliphatic carbocycles. The second-order valence-electron chi connectivity index (χ2n) is 8.44. The quantitative estimate of drug-likeness (QED) is 0.747. The van der Waals surface area contributed by atoms with Crippen LogP contribution in [-0.4, -0.2) is 42.0 Å². The number of benzene rings is 1. The first-order valence-corrected chi connectivity index (χ1v) is 10.5. The molecule has 4 rings (SSSR count). The van der Waals surface area contributed by atoms with E-state index in [4.69, 9.17) is 22.1 Å². The van der Waals surface area contributed by atoms with Crippen molar-refractivity contribution in [1.82, 2.24) is 9.88 Å². The van der Waals surface area contributed by atoms with Gasteiger partial charge in [0.1, 0.15) is 0 Å². The zero-order valence-electron chi connectivity index (χ0n) is 17.9. The third-order valence-electron chi connectivity index (χ3n) is 6.06. The highest BCUT2D eigenvalue weighted by Crippen LogP contribution is 2.40. The van der Waals surface area contributed by atoms with Crippen molar-refractivity contribution in [2.24, 2.45) is 10.7 Å². The van der Waals surface area contributed by atoms with Crippen molar-refractivity contribution in [2.45, 2.75) is 37.6 Å². The van der Waals surface area contributed by atoms with E-state index in [2.05, 4.69) is 21.8 Å². The largest absolute Gasteiger partial charge is 0.379 e. The number of pyridine rings is 1. The number of ether oxygens (including phenoxy) is 1. The Morgan fingerprint density at radius 1 is 1.29 bits per heavy atom. The van der Waals surface area contributed by atoms with Crippen LogP contribution in [0.2, 0.25) is 5.02 Å². The fraction of sp³-hybridized carbons (Fsp3) is 0.375. The highest BCUT2D eigenvalue weighted by atomic mass is 35.5. The number of rotatable bonds is 4. The molecular formula is C24H25ClN4O2. The van der Waals surface area contributed by atoms with E-state index in [9.17, 15) is 4.79 Å². The molecule has 2 aliphatic rings. The lowest BCUT2D eigenvalue weighted by Crippen LogP contribution is -2.49. The molecule has 3 heterocycles. The molecule has 2 aromatic rings. The minimum atomic E-state index is -0.803. The van der Waals surface area contributed by atoms with Crippen LogP contribution in [0.5, 0.6) is 0 Å². The molecule has 2 aliphatic heterocycles. The summed E-state index contributed by atoms with van der Waals surface area (Å²) in [6.45, 7) is 4.90. The van der Waals surface area contributed by atoms with Gasteiger partial charge in [-0.15, -0.1) is 5.92 Å². The van der Waals surface area contributed by atoms with Crippen LogP contribution in [0, 0.1) is 11.8 Å². The Kier molecular flexibility index (Phi) is 5.50. The number of nitrogens with zero attached hydrogens (tertiary/aromatic N) is 3. The van der Waals surface area contributed by atoms with Crippen LogP contribution in [-0.2, 0) is 26.9 Å². The highest BCUT2D eigenvalue weighted by Gasteiger charge is 2.42. The van der Waals surface area contributed by atoms with Gasteiger partial charge in [-0.2, -0.15) is 0 Å². The Balaban J connectivity index is 1.67. The third kappa shape index (κ3) is 3.91. The van der Waals surface area contributed by atoms with Gasteiger partial charge in [0, 0.05) is 23.8 Å². The number of hydrogen-bond acceptors (Lipinski definition) is 5. The average Bonchev–Trinajstić information content (AvgIpc) is 2.71. The van der Waals surface area contributed by atoms with Crippen LogP contribution in [0.1, 0.15) is 42.7 Å². The number of halogens is 1. The van der Waals surface area contributed by atoms with Crippen LogP contribution in [0.15, 0.2) is 41.5 Å². The van der Waals surface area contributed by atoms with Crippen LogP contribution in [0.25, 0.3) is 0 Å². The fourth-order valence-electron chi connectivity index (χ4n) is 4.16. The summed E-state index contributed by atoms with van der Waals surface area (Å²) in [5.41, 5.74) is 8.75. The molecule has 0 unspecified atom stereocenters. The summed E-state index contributed by atoms with van der Waals surface area (Å²) in [5.74, 6) is 6.03. The van der Waals surface area contributed by atoms with Gasteiger partial charge < -0.3 is 10.5 Å². The second-order valence-corrected chi connectivity index (χ2v) is 8.85. The zero-order chi connectivity index (χ0) is 22.2. The summed E-state index contributed by atoms with van der Waals surface area (Å²) in [6, 6.07) is 9.94. The van der Waals surface area contributed by atoms with E-state index < -0.39 is 5.54 Å². The van der Waals surface area contributed by atoms with Crippen LogP contribution in [0.4, 0.5) is 0 Å². The van der Waals surface area contributed by atoms with Crippen molar-refractivity contribution in [1.29, 1.82) is 0 Å². The van der Waals surface area contributed by atoms with Crippen molar-refractivity contribution >= 4 is 23.5 Å². The van der Waals surface area contributed by atoms with E-state index >= 15 is 0 Å². The van der Waals surface area contributed by atoms with Crippen molar-refractivity contribution in [3.63, 3.8) is 0 Å². The van der Waals surface area contributed by atoms with E-state index in [1.807, 2.05) is 50.4 Å². The third-order valence-corrected chi connectivity index (χ3v) is 6.39. The van der Waals surface area contributed by atoms with E-state index in [1.165, 1.54) is 4.90 Å². The van der Waals surface area contributed by atoms with Crippen LogP contribution >= 0.6 is 11.6 Å². The molecule has 1 aromatic carbocycles. The van der Waals surface area contributed by atoms with Gasteiger partial charge in [-0.1, -0.05) is 29.7 Å². The van der Waals surface area contributed by atoms with E-state index in [0.29, 0.717) is 18.2 Å². The summed E-state index contributed by atoms with van der Waals surface area (Å²) in [6.07, 6.45) is 2.76. The standard InChI is InChI=1S/C24H25ClN4O2/c1-4-5-16-7-9-20(27-13-16)24(14-31-15-24)11-17-6-8-19(25)18(10-17)23(2)12-21(30)29(3)22(26)28-23/h6-10,13H,11-12,14-15H2,1-3H3,(H2,26,28)/t23-/m0/s1. The zero-order valence-corrected chi connectivity index (χ0v) is 18.7. The minimum absolute atomic E-state index is 0.0835. The number of aromatic nitrogens is 1. The van der Waals surface area contributed by atoms with Gasteiger partial charge >= 0.3 is 0 Å². The Labute approximate surface area is 187 Å². The molecule has 31 heavy (non-hydrogen) atoms. The van der Waals surface area contributed by atoms with Crippen molar-refractivity contribution in [3.05, 3.63) is 63.9 Å². The molecule has 0 radical (unpaired) electrons. The fourth-order valence-corrected chi connectivity index (χ4v) is 4.49. The molecule has 1 atom stereocenters. The molecule has 0 bridgehead atoms. The first-order chi connectivity index (χ1) is 14.8. The SMILES string of the molecule is CC#Cc1ccc(C2(Cc3ccc(Cl)c([C@]4(C)CC(=O)N(C)C(N)=N4)c3)COC2)nc1. The Bertz CT molecular complexity index is 1110. The Hall–Kier alpha value is -2.88. The van der Waals surface area contributed by atoms with E-state index in [1.54, 1.807) is 7.05 Å². The molecular weight excluding hydrogens is 412 g/mol. The molecule has 7 heteroatoms. The topological polar surface area (TPSA) is 80.8 Å². The van der Waals surface area contributed by atoms with E-state index in [0.717, 1.165) is 28.8 Å². The predicted molar refractivity (Wildman–Crippen MR) is 121 cm³/mol. The average molecular weight is 437 g/mol. The summed E-state index contributed by atoms with van der Waals surface area (Å²) in [5, 5.41) is 0.569. The Morgan fingerprint density at radius 2 is 2.06 bits per heavy atom. The van der Waals surface area contributed by atoms with Gasteiger partial charge in [0.2, 0.25) is 5.91 Å². The van der Waals surface area contributed by atoms with Gasteiger partial charge in [-0.3, -0.25) is 14.7 Å². The lowest BCUT2D eigenvalue weighted by molar-refractivity contribution is -0.128. The monoisotopic (exact) mass is 436 g/mol. The number of guanidine groups is 1. The molecule has 2 N–H and O–H groups in total. The van der Waals surface area contributed by atoms with Gasteiger partial charge in [0.15, 0.2) is 5.96 Å². The summed E-state index contributed by atoms with van der Waals surface area (Å²) in [7, 11) is 1.63. The summed E-state index contributed by atoms with van der Waals surface area (Å²) >= 11 is 6.55. The van der Waals surface area contributed by atoms with Crippen molar-refractivity contribution in [2.75, 3.05) is 20.3 Å². The number of aliphatic imine (C=N–C) groups is 1. The molecule has 0 spiro atoms. The lowest BCUT2D eigenvalue weighted by atomic mass is 9.75. The number of carbonyl (C=O) groups excluding carboxylic acids is 1. The van der Waals surface area contributed by atoms with Crippen LogP contribution < -0.4 is 5.73 Å². The van der Waals surface area contributed by atoms with Gasteiger partial charge in [0.05, 0.1) is 36.3 Å². The maximum Gasteiger partial charge on any atom is 0.231 e. The summed E-state index contributed by atoms with van der Waals surface area (Å²) in [4.78, 5) is 23.1. The minimum Gasteiger partial charge on any atom is -0.379 e. The van der Waals surface area contributed by atoms with Crippen LogP contribution in [0.3, 0.4) is 0 Å². The lowest BCUT2D eigenvalue weighted by Gasteiger charge is -2.41. The first-order valence-electron chi connectivity index (χ1n) is 10.1. The highest BCUT2D eigenvalue weighted by molar-refractivity contribution is 6.31. The number of hydrogen-bond donors (Lipinski definition) is 1. The van der Waals surface area contributed by atoms with E-state index in [-0.39, 0.29) is 23.7 Å². The van der Waals surface area contributed by atoms with Gasteiger partial charge in [0.25, 0.3) is 0 Å². The number of carbonyl (C=O) groups is 1. The smallest absolute Gasteiger partial charge is 0.231 e. The maximum absolute atomic E-state index is 12.4. The first kappa shape index (κ1) is 21.4. The summed E-state index contributed by atoms with van der Waals surface area (Å²) < 4.78 is 5.59. The Morgan fingerprint density at radius 3 is 2.65 bits per heavy atom. The molecule has 1 saturated heterocycles. The second kappa shape index (κ2) is 7.99. The molecule has 1 fully saturated rings. The molecule has 1 amide bonds. The van der Waals surface area contributed by atoms with Crippen molar-refractivity contribution in [3.8, 4) is 11.8 Å². The molecule has 1 aromatic heterocycles. The molecule has 160 valence electrons. The normalized spacial score (nSPS) is 22.3. The number of amides is 1. The predicted octanol–water partition coefficient (Wildman–Crippen LogP) is 3.01. The molecule has 6 nitrogen and oxygen atoms in total.